The molecule has 6 heteroatoms. The van der Waals surface area contributed by atoms with Crippen LogP contribution in [-0.2, 0) is 14.3 Å². The molecule has 0 spiro atoms. The van der Waals surface area contributed by atoms with Crippen LogP contribution < -0.4 is 5.32 Å². The maximum absolute atomic E-state index is 11.8. The van der Waals surface area contributed by atoms with Gasteiger partial charge in [0.1, 0.15) is 17.4 Å². The van der Waals surface area contributed by atoms with E-state index in [-0.39, 0.29) is 16.9 Å². The van der Waals surface area contributed by atoms with Crippen LogP contribution in [0.3, 0.4) is 0 Å². The summed E-state index contributed by atoms with van der Waals surface area (Å²) in [7, 11) is 0. The third-order valence-electron chi connectivity index (χ3n) is 3.24. The number of phenols is 1. The summed E-state index contributed by atoms with van der Waals surface area (Å²) in [5, 5.41) is 21.0. The molecule has 0 heterocycles. The Morgan fingerprint density at radius 1 is 1.35 bits per heavy atom. The van der Waals surface area contributed by atoms with Crippen molar-refractivity contribution in [2.75, 3.05) is 6.61 Å². The second-order valence-corrected chi connectivity index (χ2v) is 5.62. The van der Waals surface area contributed by atoms with Gasteiger partial charge in [0.15, 0.2) is 6.61 Å². The number of nitrogens with one attached hydrogen (secondary N) is 1. The number of carbonyl (C=O) groups is 2. The van der Waals surface area contributed by atoms with Crippen molar-refractivity contribution < 1.29 is 19.4 Å². The highest BCUT2D eigenvalue weighted by molar-refractivity contribution is 5.98. The molecule has 1 amide bonds. The van der Waals surface area contributed by atoms with Crippen LogP contribution in [0.2, 0.25) is 0 Å². The Morgan fingerprint density at radius 2 is 1.96 bits per heavy atom. The fourth-order valence-electron chi connectivity index (χ4n) is 1.58. The summed E-state index contributed by atoms with van der Waals surface area (Å²) in [6.07, 6.45) is 2.06. The Kier molecular flexibility index (Phi) is 6.34. The first-order valence-electron chi connectivity index (χ1n) is 7.16. The molecule has 2 N–H and O–H groups in total. The highest BCUT2D eigenvalue weighted by atomic mass is 16.5. The molecule has 0 aliphatic heterocycles. The van der Waals surface area contributed by atoms with Gasteiger partial charge in [-0.1, -0.05) is 19.1 Å². The molecule has 23 heavy (non-hydrogen) atoms. The fourth-order valence-corrected chi connectivity index (χ4v) is 1.58. The van der Waals surface area contributed by atoms with Crippen LogP contribution in [0.15, 0.2) is 29.8 Å². The zero-order valence-corrected chi connectivity index (χ0v) is 13.4. The summed E-state index contributed by atoms with van der Waals surface area (Å²) in [6.45, 7) is 5.20. The lowest BCUT2D eigenvalue weighted by molar-refractivity contribution is -0.144. The van der Waals surface area contributed by atoms with E-state index in [4.69, 9.17) is 10.00 Å². The van der Waals surface area contributed by atoms with Gasteiger partial charge in [0.25, 0.3) is 5.91 Å². The molecule has 0 radical (unpaired) electrons. The van der Waals surface area contributed by atoms with Crippen LogP contribution >= 0.6 is 0 Å². The van der Waals surface area contributed by atoms with Gasteiger partial charge >= 0.3 is 5.97 Å². The first kappa shape index (κ1) is 18.2. The van der Waals surface area contributed by atoms with Crippen LogP contribution in [-0.4, -0.2) is 29.1 Å². The van der Waals surface area contributed by atoms with E-state index in [1.165, 1.54) is 18.2 Å². The first-order chi connectivity index (χ1) is 10.8. The van der Waals surface area contributed by atoms with Crippen molar-refractivity contribution in [2.45, 2.75) is 32.7 Å². The predicted octanol–water partition coefficient (Wildman–Crippen LogP) is 2.15. The van der Waals surface area contributed by atoms with Crippen molar-refractivity contribution in [2.24, 2.45) is 0 Å². The number of hydrogen-bond acceptors (Lipinski definition) is 5. The van der Waals surface area contributed by atoms with Crippen molar-refractivity contribution >= 4 is 18.0 Å². The van der Waals surface area contributed by atoms with Crippen molar-refractivity contribution in [1.29, 1.82) is 5.26 Å². The minimum absolute atomic E-state index is 0.0819. The summed E-state index contributed by atoms with van der Waals surface area (Å²) in [4.78, 5) is 23.6. The number of benzene rings is 1. The molecule has 0 aromatic heterocycles. The topological polar surface area (TPSA) is 99.4 Å². The molecule has 0 saturated carbocycles. The average molecular weight is 316 g/mol. The Balaban J connectivity index is 2.66. The lowest BCUT2D eigenvalue weighted by atomic mass is 10.0. The number of esters is 1. The van der Waals surface area contributed by atoms with E-state index < -0.39 is 18.5 Å². The summed E-state index contributed by atoms with van der Waals surface area (Å²) >= 11 is 0. The lowest BCUT2D eigenvalue weighted by Gasteiger charge is -2.24. The lowest BCUT2D eigenvalue weighted by Crippen LogP contribution is -2.44. The Labute approximate surface area is 135 Å². The van der Waals surface area contributed by atoms with Gasteiger partial charge in [-0.3, -0.25) is 4.79 Å². The molecule has 0 atom stereocenters. The molecular weight excluding hydrogens is 296 g/mol. The summed E-state index contributed by atoms with van der Waals surface area (Å²) in [6, 6.07) is 7.72. The Hall–Kier alpha value is -2.81. The van der Waals surface area contributed by atoms with Crippen molar-refractivity contribution in [3.63, 3.8) is 0 Å². The quantitative estimate of drug-likeness (QED) is 0.476. The van der Waals surface area contributed by atoms with Crippen molar-refractivity contribution in [3.8, 4) is 11.8 Å². The third-order valence-corrected chi connectivity index (χ3v) is 3.24. The van der Waals surface area contributed by atoms with E-state index in [1.54, 1.807) is 18.2 Å². The van der Waals surface area contributed by atoms with E-state index in [9.17, 15) is 14.7 Å². The number of rotatable bonds is 6. The van der Waals surface area contributed by atoms with E-state index in [1.807, 2.05) is 20.8 Å². The zero-order chi connectivity index (χ0) is 17.5. The maximum atomic E-state index is 11.8. The number of nitrogens with zero attached hydrogens (tertiary/aromatic N) is 1. The third kappa shape index (κ3) is 6.22. The van der Waals surface area contributed by atoms with Gasteiger partial charge in [0, 0.05) is 5.54 Å². The van der Waals surface area contributed by atoms with Gasteiger partial charge in [0.05, 0.1) is 0 Å². The molecule has 0 saturated heterocycles. The maximum Gasteiger partial charge on any atom is 0.349 e. The first-order valence-corrected chi connectivity index (χ1v) is 7.16. The van der Waals surface area contributed by atoms with Gasteiger partial charge in [-0.05, 0) is 44.0 Å². The summed E-state index contributed by atoms with van der Waals surface area (Å²) in [5.41, 5.74) is -0.0465. The van der Waals surface area contributed by atoms with Gasteiger partial charge in [0.2, 0.25) is 0 Å². The highest BCUT2D eigenvalue weighted by Crippen LogP contribution is 2.13. The number of amides is 1. The van der Waals surface area contributed by atoms with Crippen molar-refractivity contribution in [1.82, 2.24) is 5.32 Å². The normalized spacial score (nSPS) is 11.5. The van der Waals surface area contributed by atoms with Gasteiger partial charge < -0.3 is 15.2 Å². The van der Waals surface area contributed by atoms with E-state index >= 15 is 0 Å². The second-order valence-electron chi connectivity index (χ2n) is 5.62. The van der Waals surface area contributed by atoms with Crippen LogP contribution in [0.25, 0.3) is 6.08 Å². The monoisotopic (exact) mass is 316 g/mol. The standard InChI is InChI=1S/C17H20N2O4/c1-4-17(2,3)19-15(21)11-23-16(22)13(10-18)9-12-5-7-14(20)8-6-12/h5-9,20H,4,11H2,1-3H3,(H,19,21). The molecule has 0 bridgehead atoms. The van der Waals surface area contributed by atoms with Gasteiger partial charge in [-0.25, -0.2) is 4.79 Å². The second kappa shape index (κ2) is 7.99. The smallest absolute Gasteiger partial charge is 0.349 e. The van der Waals surface area contributed by atoms with E-state index in [2.05, 4.69) is 5.32 Å². The van der Waals surface area contributed by atoms with Gasteiger partial charge in [-0.2, -0.15) is 5.26 Å². The number of nitriles is 1. The average Bonchev–Trinajstić information content (AvgIpc) is 2.51. The summed E-state index contributed by atoms with van der Waals surface area (Å²) in [5.74, 6) is -1.21. The number of ether oxygens (including phenoxy) is 1. The fraction of sp³-hybridized carbons (Fsp3) is 0.353. The number of carbonyl (C=O) groups excluding carboxylic acids is 2. The Morgan fingerprint density at radius 3 is 2.48 bits per heavy atom. The van der Waals surface area contributed by atoms with E-state index in [0.717, 1.165) is 6.42 Å². The molecule has 122 valence electrons. The SMILES string of the molecule is CCC(C)(C)NC(=O)COC(=O)C(C#N)=Cc1ccc(O)cc1. The van der Waals surface area contributed by atoms with Crippen LogP contribution in [0.1, 0.15) is 32.8 Å². The minimum Gasteiger partial charge on any atom is -0.508 e. The number of aromatic hydroxyl groups is 1. The van der Waals surface area contributed by atoms with Crippen LogP contribution in [0, 0.1) is 11.3 Å². The predicted molar refractivity (Wildman–Crippen MR) is 85.2 cm³/mol. The van der Waals surface area contributed by atoms with Crippen LogP contribution in [0.5, 0.6) is 5.75 Å². The zero-order valence-electron chi connectivity index (χ0n) is 13.4. The highest BCUT2D eigenvalue weighted by Gasteiger charge is 2.19. The minimum atomic E-state index is -0.870. The largest absolute Gasteiger partial charge is 0.508 e. The van der Waals surface area contributed by atoms with E-state index in [0.29, 0.717) is 5.56 Å². The van der Waals surface area contributed by atoms with Gasteiger partial charge in [-0.15, -0.1) is 0 Å². The van der Waals surface area contributed by atoms with Crippen LogP contribution in [0.4, 0.5) is 0 Å². The molecule has 1 aromatic carbocycles. The molecule has 0 fully saturated rings. The molecule has 0 aliphatic rings. The number of phenolic OH excluding ortho intramolecular Hbond substituents is 1. The molecule has 6 nitrogen and oxygen atoms in total. The molecular formula is C17H20N2O4. The molecule has 0 unspecified atom stereocenters. The number of hydrogen-bond donors (Lipinski definition) is 2. The Bertz CT molecular complexity index is 640. The molecule has 1 rings (SSSR count). The van der Waals surface area contributed by atoms with Crippen molar-refractivity contribution in [3.05, 3.63) is 35.4 Å². The molecule has 1 aromatic rings. The summed E-state index contributed by atoms with van der Waals surface area (Å²) < 4.78 is 4.85. The molecule has 0 aliphatic carbocycles.